The SMILES string of the molecule is CCNC[C@H](Oc1cc(O)cc(O)c1)C(/C(=C\C(=O)O)C(=O)O)c1ccc(OC)cc1. The van der Waals surface area contributed by atoms with Gasteiger partial charge in [-0.3, -0.25) is 0 Å². The molecule has 5 N–H and O–H groups in total. The fourth-order valence-corrected chi connectivity index (χ4v) is 3.15. The number of phenols is 2. The number of rotatable bonds is 11. The Morgan fingerprint density at radius 3 is 2.13 bits per heavy atom. The van der Waals surface area contributed by atoms with Crippen molar-refractivity contribution in [2.75, 3.05) is 20.2 Å². The van der Waals surface area contributed by atoms with Gasteiger partial charge in [0.25, 0.3) is 0 Å². The molecule has 0 radical (unpaired) electrons. The Labute approximate surface area is 179 Å². The van der Waals surface area contributed by atoms with Crippen LogP contribution in [0.15, 0.2) is 54.1 Å². The number of carboxylic acid groups (broad SMARTS) is 2. The maximum absolute atomic E-state index is 12.0. The Bertz CT molecular complexity index is 919. The molecule has 166 valence electrons. The summed E-state index contributed by atoms with van der Waals surface area (Å²) in [5.41, 5.74) is 0.105. The quantitative estimate of drug-likeness (QED) is 0.338. The van der Waals surface area contributed by atoms with Crippen LogP contribution in [0.25, 0.3) is 0 Å². The summed E-state index contributed by atoms with van der Waals surface area (Å²) >= 11 is 0. The van der Waals surface area contributed by atoms with Gasteiger partial charge in [0.2, 0.25) is 0 Å². The number of hydrogen-bond acceptors (Lipinski definition) is 7. The van der Waals surface area contributed by atoms with Crippen LogP contribution in [0, 0.1) is 0 Å². The zero-order valence-corrected chi connectivity index (χ0v) is 17.1. The Hall–Kier alpha value is -3.72. The topological polar surface area (TPSA) is 146 Å². The molecule has 0 spiro atoms. The third-order valence-corrected chi connectivity index (χ3v) is 4.47. The third kappa shape index (κ3) is 6.65. The van der Waals surface area contributed by atoms with E-state index in [1.165, 1.54) is 19.2 Å². The standard InChI is InChI=1S/C22H25NO8/c1-3-23-12-19(31-17-9-14(24)8-15(25)10-17)21(18(22(28)29)11-20(26)27)13-4-6-16(30-2)7-5-13/h4-11,19,21,23-25H,3,12H2,1-2H3,(H,26,27)(H,28,29)/b18-11+/t19-,21?/m0/s1. The van der Waals surface area contributed by atoms with Gasteiger partial charge in [0.05, 0.1) is 18.6 Å². The van der Waals surface area contributed by atoms with Crippen molar-refractivity contribution >= 4 is 11.9 Å². The first-order valence-corrected chi connectivity index (χ1v) is 9.47. The summed E-state index contributed by atoms with van der Waals surface area (Å²) in [5, 5.41) is 41.6. The van der Waals surface area contributed by atoms with Crippen molar-refractivity contribution in [3.05, 3.63) is 59.7 Å². The zero-order valence-electron chi connectivity index (χ0n) is 17.1. The van der Waals surface area contributed by atoms with E-state index in [0.29, 0.717) is 23.9 Å². The molecule has 0 amide bonds. The summed E-state index contributed by atoms with van der Waals surface area (Å²) in [5.74, 6) is -3.65. The smallest absolute Gasteiger partial charge is 0.332 e. The Morgan fingerprint density at radius 2 is 1.65 bits per heavy atom. The molecule has 2 rings (SSSR count). The number of hydrogen-bond donors (Lipinski definition) is 5. The summed E-state index contributed by atoms with van der Waals surface area (Å²) in [6, 6.07) is 10.2. The molecular formula is C22H25NO8. The molecule has 0 bridgehead atoms. The van der Waals surface area contributed by atoms with Crippen molar-refractivity contribution in [3.63, 3.8) is 0 Å². The fraction of sp³-hybridized carbons (Fsp3) is 0.273. The lowest BCUT2D eigenvalue weighted by atomic mass is 9.85. The highest BCUT2D eigenvalue weighted by Crippen LogP contribution is 2.34. The molecule has 2 aromatic carbocycles. The molecule has 0 aromatic heterocycles. The average Bonchev–Trinajstić information content (AvgIpc) is 2.70. The minimum Gasteiger partial charge on any atom is -0.508 e. The van der Waals surface area contributed by atoms with Crippen molar-refractivity contribution in [1.29, 1.82) is 0 Å². The van der Waals surface area contributed by atoms with E-state index in [9.17, 15) is 30.0 Å². The molecule has 1 unspecified atom stereocenters. The Balaban J connectivity index is 2.60. The number of likely N-dealkylation sites (N-methyl/N-ethyl adjacent to an activating group) is 1. The predicted molar refractivity (Wildman–Crippen MR) is 112 cm³/mol. The number of carbonyl (C=O) groups is 2. The molecule has 0 saturated heterocycles. The summed E-state index contributed by atoms with van der Waals surface area (Å²) < 4.78 is 11.1. The summed E-state index contributed by atoms with van der Waals surface area (Å²) in [6.45, 7) is 2.56. The van der Waals surface area contributed by atoms with E-state index < -0.39 is 24.0 Å². The maximum atomic E-state index is 12.0. The third-order valence-electron chi connectivity index (χ3n) is 4.47. The number of benzene rings is 2. The van der Waals surface area contributed by atoms with Crippen LogP contribution in [-0.4, -0.2) is 58.7 Å². The number of nitrogens with one attached hydrogen (secondary N) is 1. The van der Waals surface area contributed by atoms with E-state index in [1.807, 2.05) is 6.92 Å². The lowest BCUT2D eigenvalue weighted by Gasteiger charge is -2.29. The van der Waals surface area contributed by atoms with Gasteiger partial charge in [-0.25, -0.2) is 9.59 Å². The largest absolute Gasteiger partial charge is 0.508 e. The van der Waals surface area contributed by atoms with Crippen molar-refractivity contribution in [1.82, 2.24) is 5.32 Å². The van der Waals surface area contributed by atoms with E-state index in [0.717, 1.165) is 6.07 Å². The second-order valence-electron chi connectivity index (χ2n) is 6.64. The number of phenolic OH excluding ortho intramolecular Hbond substituents is 2. The molecule has 31 heavy (non-hydrogen) atoms. The van der Waals surface area contributed by atoms with Gasteiger partial charge < -0.3 is 35.2 Å². The Kier molecular flexibility index (Phi) is 8.27. The van der Waals surface area contributed by atoms with Crippen LogP contribution < -0.4 is 14.8 Å². The number of aliphatic carboxylic acids is 2. The van der Waals surface area contributed by atoms with E-state index in [-0.39, 0.29) is 29.4 Å². The predicted octanol–water partition coefficient (Wildman–Crippen LogP) is 2.34. The van der Waals surface area contributed by atoms with E-state index in [2.05, 4.69) is 5.32 Å². The molecule has 9 nitrogen and oxygen atoms in total. The van der Waals surface area contributed by atoms with Gasteiger partial charge in [0, 0.05) is 30.8 Å². The minimum atomic E-state index is -1.41. The first kappa shape index (κ1) is 23.6. The highest BCUT2D eigenvalue weighted by molar-refractivity contribution is 5.96. The van der Waals surface area contributed by atoms with Gasteiger partial charge >= 0.3 is 11.9 Å². The molecule has 0 heterocycles. The van der Waals surface area contributed by atoms with Crippen LogP contribution in [0.1, 0.15) is 18.4 Å². The first-order valence-electron chi connectivity index (χ1n) is 9.47. The van der Waals surface area contributed by atoms with Gasteiger partial charge in [-0.05, 0) is 24.2 Å². The van der Waals surface area contributed by atoms with Crippen LogP contribution in [0.4, 0.5) is 0 Å². The molecule has 0 aliphatic heterocycles. The Morgan fingerprint density at radius 1 is 1.03 bits per heavy atom. The van der Waals surface area contributed by atoms with Crippen molar-refractivity contribution in [2.24, 2.45) is 0 Å². The van der Waals surface area contributed by atoms with Crippen molar-refractivity contribution in [2.45, 2.75) is 18.9 Å². The van der Waals surface area contributed by atoms with Crippen LogP contribution >= 0.6 is 0 Å². The molecule has 2 aromatic rings. The van der Waals surface area contributed by atoms with E-state index in [1.54, 1.807) is 24.3 Å². The zero-order chi connectivity index (χ0) is 23.0. The van der Waals surface area contributed by atoms with Gasteiger partial charge in [0.15, 0.2) is 0 Å². The average molecular weight is 431 g/mol. The fourth-order valence-electron chi connectivity index (χ4n) is 3.15. The summed E-state index contributed by atoms with van der Waals surface area (Å²) in [4.78, 5) is 23.4. The first-order chi connectivity index (χ1) is 14.7. The summed E-state index contributed by atoms with van der Waals surface area (Å²) in [6.07, 6.45) is -0.254. The van der Waals surface area contributed by atoms with Crippen molar-refractivity contribution in [3.8, 4) is 23.0 Å². The van der Waals surface area contributed by atoms with Gasteiger partial charge in [-0.2, -0.15) is 0 Å². The molecule has 0 saturated carbocycles. The number of methoxy groups -OCH3 is 1. The molecule has 0 aliphatic rings. The molecule has 0 fully saturated rings. The second kappa shape index (κ2) is 10.9. The van der Waals surface area contributed by atoms with Crippen LogP contribution in [-0.2, 0) is 9.59 Å². The highest BCUT2D eigenvalue weighted by Gasteiger charge is 2.33. The van der Waals surface area contributed by atoms with E-state index in [4.69, 9.17) is 9.47 Å². The van der Waals surface area contributed by atoms with Crippen LogP contribution in [0.5, 0.6) is 23.0 Å². The van der Waals surface area contributed by atoms with E-state index >= 15 is 0 Å². The number of ether oxygens (including phenoxy) is 2. The molecular weight excluding hydrogens is 406 g/mol. The monoisotopic (exact) mass is 431 g/mol. The number of carboxylic acids is 2. The second-order valence-corrected chi connectivity index (χ2v) is 6.64. The summed E-state index contributed by atoms with van der Waals surface area (Å²) in [7, 11) is 1.49. The molecule has 9 heteroatoms. The lowest BCUT2D eigenvalue weighted by Crippen LogP contribution is -2.38. The van der Waals surface area contributed by atoms with Gasteiger partial charge in [0.1, 0.15) is 29.1 Å². The minimum absolute atomic E-state index is 0.0963. The highest BCUT2D eigenvalue weighted by atomic mass is 16.5. The number of aromatic hydroxyl groups is 2. The molecule has 2 atom stereocenters. The van der Waals surface area contributed by atoms with Crippen molar-refractivity contribution < 1.29 is 39.5 Å². The lowest BCUT2D eigenvalue weighted by molar-refractivity contribution is -0.135. The molecule has 0 aliphatic carbocycles. The van der Waals surface area contributed by atoms with Crippen LogP contribution in [0.2, 0.25) is 0 Å². The van der Waals surface area contributed by atoms with Gasteiger partial charge in [-0.15, -0.1) is 0 Å². The normalized spacial score (nSPS) is 13.3. The van der Waals surface area contributed by atoms with Crippen LogP contribution in [0.3, 0.4) is 0 Å². The van der Waals surface area contributed by atoms with Gasteiger partial charge in [-0.1, -0.05) is 19.1 Å². The maximum Gasteiger partial charge on any atom is 0.332 e.